The van der Waals surface area contributed by atoms with E-state index in [-0.39, 0.29) is 5.91 Å². The van der Waals surface area contributed by atoms with Gasteiger partial charge in [0.2, 0.25) is 0 Å². The molecule has 6 heteroatoms. The molecule has 1 N–H and O–H groups in total. The number of hydrogen-bond donors (Lipinski definition) is 1. The van der Waals surface area contributed by atoms with Gasteiger partial charge >= 0.3 is 0 Å². The standard InChI is InChI=1S/C11H8Br2N2OS/c12-8-3-7(4-9(13)5-8)11(16)15-6-10-14-1-2-17-10/h1-5H,6H2,(H,15,16). The van der Waals surface area contributed by atoms with Crippen LogP contribution in [0.5, 0.6) is 0 Å². The monoisotopic (exact) mass is 374 g/mol. The maximum Gasteiger partial charge on any atom is 0.251 e. The van der Waals surface area contributed by atoms with Crippen molar-refractivity contribution in [1.82, 2.24) is 10.3 Å². The second-order valence-electron chi connectivity index (χ2n) is 3.27. The molecule has 0 aliphatic carbocycles. The average molecular weight is 376 g/mol. The Labute approximate surface area is 120 Å². The molecular formula is C11H8Br2N2OS. The summed E-state index contributed by atoms with van der Waals surface area (Å²) in [6.45, 7) is 0.459. The SMILES string of the molecule is O=C(NCc1nccs1)c1cc(Br)cc(Br)c1. The van der Waals surface area contributed by atoms with Gasteiger partial charge in [-0.2, -0.15) is 0 Å². The fourth-order valence-electron chi connectivity index (χ4n) is 1.28. The number of hydrogen-bond acceptors (Lipinski definition) is 3. The van der Waals surface area contributed by atoms with Crippen molar-refractivity contribution in [2.75, 3.05) is 0 Å². The minimum Gasteiger partial charge on any atom is -0.346 e. The van der Waals surface area contributed by atoms with Crippen molar-refractivity contribution in [2.45, 2.75) is 6.54 Å². The van der Waals surface area contributed by atoms with Gasteiger partial charge in [0.1, 0.15) is 5.01 Å². The van der Waals surface area contributed by atoms with Crippen LogP contribution in [0.1, 0.15) is 15.4 Å². The lowest BCUT2D eigenvalue weighted by Gasteiger charge is -2.04. The van der Waals surface area contributed by atoms with E-state index in [2.05, 4.69) is 42.2 Å². The van der Waals surface area contributed by atoms with Crippen molar-refractivity contribution < 1.29 is 4.79 Å². The molecule has 1 heterocycles. The van der Waals surface area contributed by atoms with E-state index in [1.54, 1.807) is 18.3 Å². The highest BCUT2D eigenvalue weighted by atomic mass is 79.9. The Hall–Kier alpha value is -0.720. The number of amides is 1. The Morgan fingerprint density at radius 2 is 2.00 bits per heavy atom. The molecule has 0 saturated heterocycles. The molecule has 17 heavy (non-hydrogen) atoms. The number of benzene rings is 1. The fraction of sp³-hybridized carbons (Fsp3) is 0.0909. The van der Waals surface area contributed by atoms with E-state index in [4.69, 9.17) is 0 Å². The van der Waals surface area contributed by atoms with Crippen LogP contribution in [0.15, 0.2) is 38.7 Å². The van der Waals surface area contributed by atoms with Gasteiger partial charge in [0.05, 0.1) is 6.54 Å². The van der Waals surface area contributed by atoms with Gasteiger partial charge in [-0.1, -0.05) is 31.9 Å². The minimum absolute atomic E-state index is 0.109. The minimum atomic E-state index is -0.109. The van der Waals surface area contributed by atoms with E-state index in [1.807, 2.05) is 11.4 Å². The fourth-order valence-corrected chi connectivity index (χ4v) is 3.13. The third-order valence-corrected chi connectivity index (χ3v) is 3.70. The maximum atomic E-state index is 11.9. The van der Waals surface area contributed by atoms with Gasteiger partial charge in [0.25, 0.3) is 5.91 Å². The largest absolute Gasteiger partial charge is 0.346 e. The quantitative estimate of drug-likeness (QED) is 0.890. The number of thiazole rings is 1. The molecule has 0 unspecified atom stereocenters. The molecule has 2 aromatic rings. The Morgan fingerprint density at radius 1 is 1.29 bits per heavy atom. The second-order valence-corrected chi connectivity index (χ2v) is 6.08. The average Bonchev–Trinajstić information content (AvgIpc) is 2.77. The Morgan fingerprint density at radius 3 is 2.59 bits per heavy atom. The lowest BCUT2D eigenvalue weighted by atomic mass is 10.2. The van der Waals surface area contributed by atoms with Gasteiger partial charge in [0, 0.05) is 26.1 Å². The summed E-state index contributed by atoms with van der Waals surface area (Å²) in [5, 5.41) is 5.60. The molecule has 0 aliphatic rings. The molecule has 1 amide bonds. The Bertz CT molecular complexity index is 508. The van der Waals surface area contributed by atoms with Crippen LogP contribution < -0.4 is 5.32 Å². The van der Waals surface area contributed by atoms with E-state index in [0.717, 1.165) is 14.0 Å². The molecule has 0 fully saturated rings. The third-order valence-electron chi connectivity index (χ3n) is 2.01. The summed E-state index contributed by atoms with van der Waals surface area (Å²) in [6, 6.07) is 5.45. The van der Waals surface area contributed by atoms with Gasteiger partial charge in [0.15, 0.2) is 0 Å². The summed E-state index contributed by atoms with van der Waals surface area (Å²) >= 11 is 8.22. The topological polar surface area (TPSA) is 42.0 Å². The second kappa shape index (κ2) is 5.75. The Kier molecular flexibility index (Phi) is 4.31. The molecule has 3 nitrogen and oxygen atoms in total. The molecule has 0 bridgehead atoms. The van der Waals surface area contributed by atoms with E-state index in [9.17, 15) is 4.79 Å². The van der Waals surface area contributed by atoms with E-state index < -0.39 is 0 Å². The summed E-state index contributed by atoms with van der Waals surface area (Å²) < 4.78 is 1.73. The van der Waals surface area contributed by atoms with E-state index in [0.29, 0.717) is 12.1 Å². The van der Waals surface area contributed by atoms with Crippen molar-refractivity contribution in [3.8, 4) is 0 Å². The van der Waals surface area contributed by atoms with Crippen LogP contribution in [0.25, 0.3) is 0 Å². The number of halogens is 2. The lowest BCUT2D eigenvalue weighted by molar-refractivity contribution is 0.0950. The summed E-state index contributed by atoms with van der Waals surface area (Å²) in [5.41, 5.74) is 0.614. The van der Waals surface area contributed by atoms with Crippen molar-refractivity contribution in [3.63, 3.8) is 0 Å². The molecule has 0 spiro atoms. The zero-order chi connectivity index (χ0) is 12.3. The molecule has 2 rings (SSSR count). The number of carbonyl (C=O) groups excluding carboxylic acids is 1. The van der Waals surface area contributed by atoms with Crippen LogP contribution >= 0.6 is 43.2 Å². The van der Waals surface area contributed by atoms with Crippen LogP contribution in [0, 0.1) is 0 Å². The first-order valence-electron chi connectivity index (χ1n) is 4.78. The summed E-state index contributed by atoms with van der Waals surface area (Å²) in [6.07, 6.45) is 1.72. The van der Waals surface area contributed by atoms with Crippen LogP contribution in [-0.2, 0) is 6.54 Å². The highest BCUT2D eigenvalue weighted by molar-refractivity contribution is 9.11. The molecule has 0 saturated carbocycles. The number of aromatic nitrogens is 1. The smallest absolute Gasteiger partial charge is 0.251 e. The highest BCUT2D eigenvalue weighted by Gasteiger charge is 2.07. The van der Waals surface area contributed by atoms with Gasteiger partial charge in [-0.05, 0) is 18.2 Å². The first-order valence-corrected chi connectivity index (χ1v) is 7.24. The molecule has 0 atom stereocenters. The van der Waals surface area contributed by atoms with Crippen LogP contribution in [-0.4, -0.2) is 10.9 Å². The summed E-state index contributed by atoms with van der Waals surface area (Å²) in [4.78, 5) is 16.0. The van der Waals surface area contributed by atoms with E-state index >= 15 is 0 Å². The molecule has 1 aromatic carbocycles. The van der Waals surface area contributed by atoms with Crippen molar-refractivity contribution in [3.05, 3.63) is 49.3 Å². The van der Waals surface area contributed by atoms with E-state index in [1.165, 1.54) is 11.3 Å². The zero-order valence-corrected chi connectivity index (χ0v) is 12.6. The first kappa shape index (κ1) is 12.7. The molecule has 0 radical (unpaired) electrons. The van der Waals surface area contributed by atoms with Gasteiger partial charge in [-0.25, -0.2) is 4.98 Å². The number of carbonyl (C=O) groups is 1. The van der Waals surface area contributed by atoms with Gasteiger partial charge < -0.3 is 5.32 Å². The molecule has 0 aliphatic heterocycles. The van der Waals surface area contributed by atoms with Gasteiger partial charge in [-0.3, -0.25) is 4.79 Å². The third kappa shape index (κ3) is 3.62. The highest BCUT2D eigenvalue weighted by Crippen LogP contribution is 2.20. The number of rotatable bonds is 3. The van der Waals surface area contributed by atoms with Crippen molar-refractivity contribution in [1.29, 1.82) is 0 Å². The summed E-state index contributed by atoms with van der Waals surface area (Å²) in [7, 11) is 0. The van der Waals surface area contributed by atoms with Gasteiger partial charge in [-0.15, -0.1) is 11.3 Å². The van der Waals surface area contributed by atoms with Crippen LogP contribution in [0.2, 0.25) is 0 Å². The molecular weight excluding hydrogens is 368 g/mol. The predicted molar refractivity (Wildman–Crippen MR) is 75.1 cm³/mol. The maximum absolute atomic E-state index is 11.9. The number of nitrogens with zero attached hydrogens (tertiary/aromatic N) is 1. The predicted octanol–water partition coefficient (Wildman–Crippen LogP) is 3.60. The first-order chi connectivity index (χ1) is 8.15. The zero-order valence-electron chi connectivity index (χ0n) is 8.61. The van der Waals surface area contributed by atoms with Crippen molar-refractivity contribution >= 4 is 49.1 Å². The summed E-state index contributed by atoms with van der Waals surface area (Å²) in [5.74, 6) is -0.109. The van der Waals surface area contributed by atoms with Crippen molar-refractivity contribution in [2.24, 2.45) is 0 Å². The van der Waals surface area contributed by atoms with Crippen LogP contribution in [0.3, 0.4) is 0 Å². The lowest BCUT2D eigenvalue weighted by Crippen LogP contribution is -2.22. The Balaban J connectivity index is 2.04. The molecule has 1 aromatic heterocycles. The molecule has 88 valence electrons. The normalized spacial score (nSPS) is 10.2. The van der Waals surface area contributed by atoms with Crippen LogP contribution in [0.4, 0.5) is 0 Å². The number of nitrogens with one attached hydrogen (secondary N) is 1.